The van der Waals surface area contributed by atoms with Crippen LogP contribution in [0.4, 0.5) is 10.1 Å². The van der Waals surface area contributed by atoms with Crippen molar-refractivity contribution in [2.45, 2.75) is 26.2 Å². The second-order valence-corrected chi connectivity index (χ2v) is 4.96. The van der Waals surface area contributed by atoms with Crippen LogP contribution in [0.25, 0.3) is 0 Å². The van der Waals surface area contributed by atoms with E-state index < -0.39 is 17.2 Å². The zero-order valence-corrected chi connectivity index (χ0v) is 10.7. The zero-order chi connectivity index (χ0) is 13.9. The molecule has 2 N–H and O–H groups in total. The van der Waals surface area contributed by atoms with E-state index in [0.717, 1.165) is 0 Å². The molecule has 0 saturated heterocycles. The lowest BCUT2D eigenvalue weighted by Crippen LogP contribution is -2.19. The van der Waals surface area contributed by atoms with Crippen molar-refractivity contribution in [3.05, 3.63) is 29.1 Å². The van der Waals surface area contributed by atoms with Crippen molar-refractivity contribution in [1.82, 2.24) is 0 Å². The third-order valence-corrected chi connectivity index (χ3v) is 2.50. The number of rotatable bonds is 3. The molecule has 0 heterocycles. The van der Waals surface area contributed by atoms with E-state index >= 15 is 0 Å². The molecule has 0 saturated carbocycles. The molecule has 0 aliphatic rings. The van der Waals surface area contributed by atoms with Gasteiger partial charge in [-0.2, -0.15) is 0 Å². The number of aromatic carboxylic acids is 1. The van der Waals surface area contributed by atoms with Gasteiger partial charge in [0.15, 0.2) is 0 Å². The smallest absolute Gasteiger partial charge is 0.338 e. The lowest BCUT2D eigenvalue weighted by atomic mass is 9.84. The Morgan fingerprint density at radius 3 is 2.56 bits per heavy atom. The lowest BCUT2D eigenvalue weighted by molar-refractivity contribution is 0.0691. The lowest BCUT2D eigenvalue weighted by Gasteiger charge is -2.24. The molecule has 0 amide bonds. The Hall–Kier alpha value is -2.02. The Kier molecular flexibility index (Phi) is 3.97. The second-order valence-electron chi connectivity index (χ2n) is 4.96. The fourth-order valence-electron chi connectivity index (χ4n) is 1.77. The van der Waals surface area contributed by atoms with E-state index in [1.807, 2.05) is 20.8 Å². The van der Waals surface area contributed by atoms with Crippen molar-refractivity contribution >= 4 is 11.7 Å². The minimum absolute atomic E-state index is 0.259. The summed E-state index contributed by atoms with van der Waals surface area (Å²) >= 11 is 0. The first-order valence-corrected chi connectivity index (χ1v) is 5.52. The summed E-state index contributed by atoms with van der Waals surface area (Å²) in [7, 11) is 0. The van der Waals surface area contributed by atoms with Crippen LogP contribution in [-0.2, 0) is 5.41 Å². The van der Waals surface area contributed by atoms with E-state index in [1.54, 1.807) is 6.07 Å². The van der Waals surface area contributed by atoms with Crippen molar-refractivity contribution in [1.29, 1.82) is 0 Å². The molecule has 0 aromatic heterocycles. The first-order valence-electron chi connectivity index (χ1n) is 5.52. The molecule has 96 valence electrons. The fourth-order valence-corrected chi connectivity index (χ4v) is 1.77. The van der Waals surface area contributed by atoms with Gasteiger partial charge in [-0.3, -0.25) is 0 Å². The third kappa shape index (κ3) is 2.80. The van der Waals surface area contributed by atoms with Crippen LogP contribution in [0.5, 0.6) is 0 Å². The summed E-state index contributed by atoms with van der Waals surface area (Å²) < 4.78 is 14.2. The highest BCUT2D eigenvalue weighted by Crippen LogP contribution is 2.33. The Morgan fingerprint density at radius 1 is 1.50 bits per heavy atom. The van der Waals surface area contributed by atoms with Gasteiger partial charge in [0.05, 0.1) is 12.1 Å². The van der Waals surface area contributed by atoms with Crippen LogP contribution in [0.3, 0.4) is 0 Å². The molecule has 3 nitrogen and oxygen atoms in total. The molecule has 0 bridgehead atoms. The summed E-state index contributed by atoms with van der Waals surface area (Å²) in [4.78, 5) is 10.9. The second kappa shape index (κ2) is 5.09. The maximum Gasteiger partial charge on any atom is 0.338 e. The Balaban J connectivity index is 3.43. The van der Waals surface area contributed by atoms with Crippen LogP contribution in [0.1, 0.15) is 36.7 Å². The monoisotopic (exact) mass is 249 g/mol. The van der Waals surface area contributed by atoms with Crippen molar-refractivity contribution in [3.63, 3.8) is 0 Å². The largest absolute Gasteiger partial charge is 0.478 e. The third-order valence-electron chi connectivity index (χ3n) is 2.50. The quantitative estimate of drug-likeness (QED) is 0.810. The number of terminal acetylenes is 1. The molecule has 0 radical (unpaired) electrons. The highest BCUT2D eigenvalue weighted by atomic mass is 19.1. The number of anilines is 1. The highest BCUT2D eigenvalue weighted by Gasteiger charge is 2.26. The average Bonchev–Trinajstić information content (AvgIpc) is 2.23. The van der Waals surface area contributed by atoms with E-state index in [4.69, 9.17) is 11.5 Å². The number of carboxylic acid groups (broad SMARTS) is 1. The zero-order valence-electron chi connectivity index (χ0n) is 10.7. The van der Waals surface area contributed by atoms with Crippen LogP contribution in [0.2, 0.25) is 0 Å². The normalized spacial score (nSPS) is 10.8. The molecule has 0 fully saturated rings. The maximum atomic E-state index is 14.2. The number of halogens is 1. The predicted octanol–water partition coefficient (Wildman–Crippen LogP) is 2.87. The minimum atomic E-state index is -1.28. The summed E-state index contributed by atoms with van der Waals surface area (Å²) in [6.07, 6.45) is 5.15. The van der Waals surface area contributed by atoms with Gasteiger partial charge in [0.25, 0.3) is 0 Å². The van der Waals surface area contributed by atoms with Gasteiger partial charge in [0, 0.05) is 11.3 Å². The Bertz CT molecular complexity index is 510. The van der Waals surface area contributed by atoms with Crippen molar-refractivity contribution in [2.75, 3.05) is 11.9 Å². The molecule has 0 atom stereocenters. The first kappa shape index (κ1) is 14.0. The van der Waals surface area contributed by atoms with Gasteiger partial charge in [-0.1, -0.05) is 26.7 Å². The van der Waals surface area contributed by atoms with Crippen molar-refractivity contribution < 1.29 is 14.3 Å². The van der Waals surface area contributed by atoms with Crippen LogP contribution in [-0.4, -0.2) is 17.6 Å². The molecule has 1 aromatic rings. The van der Waals surface area contributed by atoms with Gasteiger partial charge in [-0.15, -0.1) is 6.42 Å². The van der Waals surface area contributed by atoms with Gasteiger partial charge in [-0.05, 0) is 17.5 Å². The van der Waals surface area contributed by atoms with E-state index in [0.29, 0.717) is 11.3 Å². The van der Waals surface area contributed by atoms with E-state index in [-0.39, 0.29) is 12.1 Å². The molecule has 4 heteroatoms. The molecule has 0 aliphatic carbocycles. The molecule has 0 spiro atoms. The number of nitrogens with one attached hydrogen (secondary N) is 1. The van der Waals surface area contributed by atoms with Crippen LogP contribution in [0, 0.1) is 18.2 Å². The van der Waals surface area contributed by atoms with E-state index in [9.17, 15) is 9.18 Å². The summed E-state index contributed by atoms with van der Waals surface area (Å²) in [5.41, 5.74) is 0.0127. The van der Waals surface area contributed by atoms with E-state index in [1.165, 1.54) is 6.07 Å². The standard InChI is InChI=1S/C14H16FNO2/c1-5-8-16-10-7-6-9(13(17)18)12(15)11(10)14(2,3)4/h1,6-7,16H,8H2,2-4H3,(H,17,18). The number of hydrogen-bond donors (Lipinski definition) is 2. The number of benzene rings is 1. The number of hydrogen-bond acceptors (Lipinski definition) is 2. The number of carbonyl (C=O) groups is 1. The summed E-state index contributed by atoms with van der Waals surface area (Å²) in [6, 6.07) is 2.79. The first-order chi connectivity index (χ1) is 8.29. The molecule has 0 unspecified atom stereocenters. The molecular weight excluding hydrogens is 233 g/mol. The maximum absolute atomic E-state index is 14.2. The number of carboxylic acids is 1. The van der Waals surface area contributed by atoms with Gasteiger partial charge in [0.1, 0.15) is 5.82 Å². The van der Waals surface area contributed by atoms with Gasteiger partial charge >= 0.3 is 5.97 Å². The summed E-state index contributed by atoms with van der Waals surface area (Å²) in [6.45, 7) is 5.71. The van der Waals surface area contributed by atoms with Crippen LogP contribution < -0.4 is 5.32 Å². The SMILES string of the molecule is C#CCNc1ccc(C(=O)O)c(F)c1C(C)(C)C. The van der Waals surface area contributed by atoms with Crippen molar-refractivity contribution in [3.8, 4) is 12.3 Å². The average molecular weight is 249 g/mol. The highest BCUT2D eigenvalue weighted by molar-refractivity contribution is 5.89. The molecule has 1 aromatic carbocycles. The van der Waals surface area contributed by atoms with Gasteiger partial charge in [0.2, 0.25) is 0 Å². The van der Waals surface area contributed by atoms with E-state index in [2.05, 4.69) is 11.2 Å². The summed E-state index contributed by atoms with van der Waals surface area (Å²) in [5, 5.41) is 11.8. The molecular formula is C14H16FNO2. The minimum Gasteiger partial charge on any atom is -0.478 e. The predicted molar refractivity (Wildman–Crippen MR) is 69.4 cm³/mol. The van der Waals surface area contributed by atoms with Crippen LogP contribution in [0.15, 0.2) is 12.1 Å². The molecule has 0 aliphatic heterocycles. The molecule has 18 heavy (non-hydrogen) atoms. The fraction of sp³-hybridized carbons (Fsp3) is 0.357. The molecule has 1 rings (SSSR count). The van der Waals surface area contributed by atoms with Crippen molar-refractivity contribution in [2.24, 2.45) is 0 Å². The van der Waals surface area contributed by atoms with Gasteiger partial charge in [-0.25, -0.2) is 9.18 Å². The van der Waals surface area contributed by atoms with Gasteiger partial charge < -0.3 is 10.4 Å². The topological polar surface area (TPSA) is 49.3 Å². The Morgan fingerprint density at radius 2 is 2.11 bits per heavy atom. The Labute approximate surface area is 106 Å². The van der Waals surface area contributed by atoms with Crippen LogP contribution >= 0.6 is 0 Å². The summed E-state index contributed by atoms with van der Waals surface area (Å²) in [5.74, 6) is 0.414.